The van der Waals surface area contributed by atoms with Gasteiger partial charge in [0.25, 0.3) is 5.91 Å². The number of rotatable bonds is 3. The molecule has 4 nitrogen and oxygen atoms in total. The van der Waals surface area contributed by atoms with Crippen LogP contribution in [0.2, 0.25) is 10.0 Å². The SMILES string of the molecule is COC(=O)C(C)NC(=O)c1ccc(Cl)cc1Cl. The molecule has 0 aliphatic heterocycles. The Bertz CT molecular complexity index is 448. The number of amides is 1. The van der Waals surface area contributed by atoms with Crippen molar-refractivity contribution in [2.45, 2.75) is 13.0 Å². The zero-order valence-electron chi connectivity index (χ0n) is 9.29. The molecule has 0 aliphatic carbocycles. The molecule has 0 heterocycles. The highest BCUT2D eigenvalue weighted by Crippen LogP contribution is 2.20. The van der Waals surface area contributed by atoms with E-state index in [1.54, 1.807) is 6.07 Å². The molecule has 92 valence electrons. The van der Waals surface area contributed by atoms with Crippen molar-refractivity contribution in [3.05, 3.63) is 33.8 Å². The third-order valence-electron chi connectivity index (χ3n) is 2.08. The van der Waals surface area contributed by atoms with Gasteiger partial charge in [0.05, 0.1) is 17.7 Å². The molecule has 0 bridgehead atoms. The highest BCUT2D eigenvalue weighted by atomic mass is 35.5. The molecule has 0 saturated heterocycles. The van der Waals surface area contributed by atoms with Crippen LogP contribution in [0.15, 0.2) is 18.2 Å². The predicted octanol–water partition coefficient (Wildman–Crippen LogP) is 2.28. The minimum Gasteiger partial charge on any atom is -0.467 e. The Morgan fingerprint density at radius 2 is 2.00 bits per heavy atom. The van der Waals surface area contributed by atoms with E-state index in [9.17, 15) is 9.59 Å². The Labute approximate surface area is 109 Å². The molecule has 1 amide bonds. The summed E-state index contributed by atoms with van der Waals surface area (Å²) in [6.07, 6.45) is 0. The summed E-state index contributed by atoms with van der Waals surface area (Å²) in [6.45, 7) is 1.52. The highest BCUT2D eigenvalue weighted by molar-refractivity contribution is 6.36. The van der Waals surface area contributed by atoms with Gasteiger partial charge in [0.2, 0.25) is 0 Å². The normalized spacial score (nSPS) is 11.8. The monoisotopic (exact) mass is 275 g/mol. The number of nitrogens with one attached hydrogen (secondary N) is 1. The fourth-order valence-corrected chi connectivity index (χ4v) is 1.68. The van der Waals surface area contributed by atoms with Crippen LogP contribution in [0.3, 0.4) is 0 Å². The van der Waals surface area contributed by atoms with Crippen LogP contribution in [-0.4, -0.2) is 25.0 Å². The van der Waals surface area contributed by atoms with Crippen LogP contribution in [0.4, 0.5) is 0 Å². The van der Waals surface area contributed by atoms with Gasteiger partial charge in [-0.2, -0.15) is 0 Å². The third kappa shape index (κ3) is 3.61. The van der Waals surface area contributed by atoms with Crippen molar-refractivity contribution in [1.82, 2.24) is 5.32 Å². The number of methoxy groups -OCH3 is 1. The maximum Gasteiger partial charge on any atom is 0.328 e. The Hall–Kier alpha value is -1.26. The second kappa shape index (κ2) is 5.89. The lowest BCUT2D eigenvalue weighted by Crippen LogP contribution is -2.39. The quantitative estimate of drug-likeness (QED) is 0.862. The maximum atomic E-state index is 11.8. The van der Waals surface area contributed by atoms with Crippen molar-refractivity contribution in [2.24, 2.45) is 0 Å². The smallest absolute Gasteiger partial charge is 0.328 e. The first-order valence-electron chi connectivity index (χ1n) is 4.79. The molecule has 0 spiro atoms. The zero-order valence-corrected chi connectivity index (χ0v) is 10.8. The van der Waals surface area contributed by atoms with E-state index in [2.05, 4.69) is 10.1 Å². The minimum atomic E-state index is -0.737. The summed E-state index contributed by atoms with van der Waals surface area (Å²) < 4.78 is 4.49. The van der Waals surface area contributed by atoms with Crippen LogP contribution in [0.5, 0.6) is 0 Å². The summed E-state index contributed by atoms with van der Waals surface area (Å²) in [5.74, 6) is -0.979. The Morgan fingerprint density at radius 1 is 1.35 bits per heavy atom. The maximum absolute atomic E-state index is 11.8. The predicted molar refractivity (Wildman–Crippen MR) is 65.4 cm³/mol. The molecular formula is C11H11Cl2NO3. The van der Waals surface area contributed by atoms with Crippen LogP contribution in [0, 0.1) is 0 Å². The molecule has 0 radical (unpaired) electrons. The number of halogens is 2. The summed E-state index contributed by atoms with van der Waals surface area (Å²) in [5, 5.41) is 3.13. The Balaban J connectivity index is 2.80. The van der Waals surface area contributed by atoms with Crippen molar-refractivity contribution in [3.8, 4) is 0 Å². The molecule has 0 saturated carbocycles. The van der Waals surface area contributed by atoms with Crippen LogP contribution in [-0.2, 0) is 9.53 Å². The number of ether oxygens (including phenoxy) is 1. The summed E-state index contributed by atoms with van der Waals surface area (Å²) in [7, 11) is 1.25. The lowest BCUT2D eigenvalue weighted by atomic mass is 10.2. The van der Waals surface area contributed by atoms with Crippen molar-refractivity contribution in [1.29, 1.82) is 0 Å². The van der Waals surface area contributed by atoms with E-state index in [4.69, 9.17) is 23.2 Å². The number of hydrogen-bond donors (Lipinski definition) is 1. The molecular weight excluding hydrogens is 265 g/mol. The molecule has 6 heteroatoms. The van der Waals surface area contributed by atoms with Crippen LogP contribution >= 0.6 is 23.2 Å². The van der Waals surface area contributed by atoms with E-state index in [1.807, 2.05) is 0 Å². The molecule has 1 rings (SSSR count). The first-order valence-corrected chi connectivity index (χ1v) is 5.55. The van der Waals surface area contributed by atoms with Crippen molar-refractivity contribution in [3.63, 3.8) is 0 Å². The van der Waals surface area contributed by atoms with E-state index < -0.39 is 17.9 Å². The van der Waals surface area contributed by atoms with Gasteiger partial charge in [-0.05, 0) is 25.1 Å². The van der Waals surface area contributed by atoms with Crippen LogP contribution in [0.25, 0.3) is 0 Å². The summed E-state index contributed by atoms with van der Waals surface area (Å²) in [5.41, 5.74) is 0.256. The summed E-state index contributed by atoms with van der Waals surface area (Å²) >= 11 is 11.6. The van der Waals surface area contributed by atoms with Gasteiger partial charge in [-0.15, -0.1) is 0 Å². The molecule has 0 aromatic heterocycles. The van der Waals surface area contributed by atoms with Gasteiger partial charge < -0.3 is 10.1 Å². The van der Waals surface area contributed by atoms with Gasteiger partial charge in [-0.1, -0.05) is 23.2 Å². The fourth-order valence-electron chi connectivity index (χ4n) is 1.18. The van der Waals surface area contributed by atoms with E-state index in [-0.39, 0.29) is 10.6 Å². The van der Waals surface area contributed by atoms with Gasteiger partial charge in [-0.25, -0.2) is 4.79 Å². The number of carbonyl (C=O) groups excluding carboxylic acids is 2. The molecule has 1 unspecified atom stereocenters. The van der Waals surface area contributed by atoms with E-state index in [1.165, 1.54) is 26.2 Å². The molecule has 1 aromatic rings. The minimum absolute atomic E-state index is 0.229. The van der Waals surface area contributed by atoms with E-state index in [0.29, 0.717) is 5.02 Å². The first kappa shape index (κ1) is 13.8. The van der Waals surface area contributed by atoms with Gasteiger partial charge in [-0.3, -0.25) is 4.79 Å². The Kier molecular flexibility index (Phi) is 4.78. The second-order valence-corrected chi connectivity index (χ2v) is 4.19. The number of carbonyl (C=O) groups is 2. The first-order chi connectivity index (χ1) is 7.95. The zero-order chi connectivity index (χ0) is 13.0. The number of esters is 1. The van der Waals surface area contributed by atoms with Gasteiger partial charge in [0, 0.05) is 5.02 Å². The van der Waals surface area contributed by atoms with Gasteiger partial charge >= 0.3 is 5.97 Å². The van der Waals surface area contributed by atoms with Crippen LogP contribution < -0.4 is 5.32 Å². The molecule has 1 N–H and O–H groups in total. The average Bonchev–Trinajstić information content (AvgIpc) is 2.27. The molecule has 17 heavy (non-hydrogen) atoms. The number of benzene rings is 1. The summed E-state index contributed by atoms with van der Waals surface area (Å²) in [4.78, 5) is 22.9. The molecule has 1 atom stereocenters. The lowest BCUT2D eigenvalue weighted by Gasteiger charge is -2.12. The summed E-state index contributed by atoms with van der Waals surface area (Å²) in [6, 6.07) is 3.76. The van der Waals surface area contributed by atoms with E-state index in [0.717, 1.165) is 0 Å². The fraction of sp³-hybridized carbons (Fsp3) is 0.273. The van der Waals surface area contributed by atoms with Gasteiger partial charge in [0.15, 0.2) is 0 Å². The van der Waals surface area contributed by atoms with Crippen molar-refractivity contribution < 1.29 is 14.3 Å². The lowest BCUT2D eigenvalue weighted by molar-refractivity contribution is -0.142. The van der Waals surface area contributed by atoms with Crippen LogP contribution in [0.1, 0.15) is 17.3 Å². The van der Waals surface area contributed by atoms with Gasteiger partial charge in [0.1, 0.15) is 6.04 Å². The number of hydrogen-bond acceptors (Lipinski definition) is 3. The van der Waals surface area contributed by atoms with Crippen molar-refractivity contribution in [2.75, 3.05) is 7.11 Å². The van der Waals surface area contributed by atoms with E-state index >= 15 is 0 Å². The molecule has 0 aliphatic rings. The van der Waals surface area contributed by atoms with Crippen molar-refractivity contribution >= 4 is 35.1 Å². The topological polar surface area (TPSA) is 55.4 Å². The third-order valence-corrected chi connectivity index (χ3v) is 2.63. The Morgan fingerprint density at radius 3 is 2.53 bits per heavy atom. The standard InChI is InChI=1S/C11H11Cl2NO3/c1-6(11(16)17-2)14-10(15)8-4-3-7(12)5-9(8)13/h3-6H,1-2H3,(H,14,15). The largest absolute Gasteiger partial charge is 0.467 e. The molecule has 0 fully saturated rings. The molecule has 1 aromatic carbocycles. The highest BCUT2D eigenvalue weighted by Gasteiger charge is 2.18. The second-order valence-electron chi connectivity index (χ2n) is 3.34. The average molecular weight is 276 g/mol.